The van der Waals surface area contributed by atoms with Crippen LogP contribution in [0.1, 0.15) is 48.9 Å². The number of hydrogen-bond donors (Lipinski definition) is 1. The Labute approximate surface area is 84.7 Å². The summed E-state index contributed by atoms with van der Waals surface area (Å²) in [4.78, 5) is 4.53. The van der Waals surface area contributed by atoms with E-state index in [1.54, 1.807) is 0 Å². The van der Waals surface area contributed by atoms with Gasteiger partial charge in [-0.1, -0.05) is 12.8 Å². The first-order valence-corrected chi connectivity index (χ1v) is 5.47. The molecule has 0 amide bonds. The molecule has 78 valence electrons. The first kappa shape index (κ1) is 9.71. The van der Waals surface area contributed by atoms with Crippen molar-refractivity contribution in [1.29, 1.82) is 0 Å². The molecule has 0 aromatic carbocycles. The van der Waals surface area contributed by atoms with Crippen molar-refractivity contribution in [1.82, 2.24) is 4.98 Å². The molecule has 3 heteroatoms. The van der Waals surface area contributed by atoms with Gasteiger partial charge in [0.05, 0.1) is 5.69 Å². The Bertz CT molecular complexity index is 300. The quantitative estimate of drug-likeness (QED) is 0.802. The van der Waals surface area contributed by atoms with Crippen LogP contribution in [0.5, 0.6) is 0 Å². The molecule has 14 heavy (non-hydrogen) atoms. The van der Waals surface area contributed by atoms with Crippen molar-refractivity contribution >= 4 is 0 Å². The fourth-order valence-electron chi connectivity index (χ4n) is 2.27. The highest BCUT2D eigenvalue weighted by Gasteiger charge is 2.22. The van der Waals surface area contributed by atoms with E-state index in [4.69, 9.17) is 10.2 Å². The predicted octanol–water partition coefficient (Wildman–Crippen LogP) is 2.14. The molecular weight excluding hydrogens is 176 g/mol. The predicted molar refractivity (Wildman–Crippen MR) is 55.2 cm³/mol. The van der Waals surface area contributed by atoms with Crippen molar-refractivity contribution in [3.63, 3.8) is 0 Å². The Balaban J connectivity index is 2.15. The highest BCUT2D eigenvalue weighted by molar-refractivity contribution is 5.15. The van der Waals surface area contributed by atoms with E-state index in [-0.39, 0.29) is 0 Å². The zero-order chi connectivity index (χ0) is 9.97. The van der Waals surface area contributed by atoms with Crippen LogP contribution in [0.3, 0.4) is 0 Å². The van der Waals surface area contributed by atoms with Gasteiger partial charge in [-0.15, -0.1) is 0 Å². The van der Waals surface area contributed by atoms with Gasteiger partial charge in [0.1, 0.15) is 5.76 Å². The molecule has 1 aliphatic rings. The minimum Gasteiger partial charge on any atom is -0.446 e. The van der Waals surface area contributed by atoms with Crippen LogP contribution >= 0.6 is 0 Å². The molecule has 2 rings (SSSR count). The van der Waals surface area contributed by atoms with Gasteiger partial charge in [-0.05, 0) is 19.8 Å². The Morgan fingerprint density at radius 1 is 1.43 bits per heavy atom. The largest absolute Gasteiger partial charge is 0.446 e. The van der Waals surface area contributed by atoms with Gasteiger partial charge in [-0.25, -0.2) is 4.98 Å². The third-order valence-electron chi connectivity index (χ3n) is 2.98. The normalized spacial score (nSPS) is 17.9. The molecule has 1 fully saturated rings. The number of nitrogens with zero attached hydrogens (tertiary/aromatic N) is 1. The Kier molecular flexibility index (Phi) is 2.87. The molecule has 1 heterocycles. The second-order valence-corrected chi connectivity index (χ2v) is 4.07. The monoisotopic (exact) mass is 194 g/mol. The van der Waals surface area contributed by atoms with E-state index in [1.807, 2.05) is 6.92 Å². The lowest BCUT2D eigenvalue weighted by molar-refractivity contribution is 0.470. The Morgan fingerprint density at radius 2 is 2.14 bits per heavy atom. The molecule has 1 aromatic heterocycles. The molecule has 0 bridgehead atoms. The van der Waals surface area contributed by atoms with Crippen LogP contribution in [0.25, 0.3) is 0 Å². The minimum absolute atomic E-state index is 0.615. The molecule has 0 aliphatic heterocycles. The summed E-state index contributed by atoms with van der Waals surface area (Å²) in [5.41, 5.74) is 6.66. The molecule has 1 aliphatic carbocycles. The zero-order valence-electron chi connectivity index (χ0n) is 8.75. The Hall–Kier alpha value is -0.830. The smallest absolute Gasteiger partial charge is 0.195 e. The molecule has 1 aromatic rings. The van der Waals surface area contributed by atoms with E-state index in [0.29, 0.717) is 12.5 Å². The lowest BCUT2D eigenvalue weighted by atomic mass is 10.0. The molecule has 3 nitrogen and oxygen atoms in total. The van der Waals surface area contributed by atoms with Crippen molar-refractivity contribution in [2.24, 2.45) is 5.73 Å². The number of nitrogens with two attached hydrogens (primary N) is 1. The molecular formula is C11H18N2O. The second kappa shape index (κ2) is 4.13. The maximum absolute atomic E-state index is 5.58. The van der Waals surface area contributed by atoms with Crippen LogP contribution in [0.2, 0.25) is 0 Å². The summed E-state index contributed by atoms with van der Waals surface area (Å²) in [5.74, 6) is 2.46. The highest BCUT2D eigenvalue weighted by Crippen LogP contribution is 2.35. The number of hydrogen-bond acceptors (Lipinski definition) is 3. The Morgan fingerprint density at radius 3 is 2.79 bits per heavy atom. The second-order valence-electron chi connectivity index (χ2n) is 4.07. The standard InChI is InChI=1S/C11H18N2O/c1-8-11(9-4-2-3-5-9)13-10(14-8)6-7-12/h9H,2-7,12H2,1H3. The molecule has 0 radical (unpaired) electrons. The van der Waals surface area contributed by atoms with E-state index < -0.39 is 0 Å². The van der Waals surface area contributed by atoms with Gasteiger partial charge in [-0.3, -0.25) is 0 Å². The summed E-state index contributed by atoms with van der Waals surface area (Å²) in [6, 6.07) is 0. The van der Waals surface area contributed by atoms with E-state index >= 15 is 0 Å². The van der Waals surface area contributed by atoms with Crippen molar-refractivity contribution in [3.8, 4) is 0 Å². The number of oxazole rings is 1. The number of aryl methyl sites for hydroxylation is 1. The zero-order valence-corrected chi connectivity index (χ0v) is 8.75. The van der Waals surface area contributed by atoms with Crippen molar-refractivity contribution in [3.05, 3.63) is 17.3 Å². The fraction of sp³-hybridized carbons (Fsp3) is 0.727. The van der Waals surface area contributed by atoms with Crippen LogP contribution in [0, 0.1) is 6.92 Å². The molecule has 0 atom stereocenters. The van der Waals surface area contributed by atoms with Crippen LogP contribution in [0.4, 0.5) is 0 Å². The molecule has 0 saturated heterocycles. The van der Waals surface area contributed by atoms with Crippen LogP contribution in [-0.2, 0) is 6.42 Å². The molecule has 1 saturated carbocycles. The third kappa shape index (κ3) is 1.82. The maximum Gasteiger partial charge on any atom is 0.195 e. The molecule has 0 unspecified atom stereocenters. The summed E-state index contributed by atoms with van der Waals surface area (Å²) < 4.78 is 5.58. The first-order chi connectivity index (χ1) is 6.81. The summed E-state index contributed by atoms with van der Waals surface area (Å²) in [6.07, 6.45) is 5.98. The average molecular weight is 194 g/mol. The lowest BCUT2D eigenvalue weighted by Gasteiger charge is -2.03. The van der Waals surface area contributed by atoms with E-state index in [0.717, 1.165) is 18.1 Å². The van der Waals surface area contributed by atoms with Gasteiger partial charge in [0.25, 0.3) is 0 Å². The maximum atomic E-state index is 5.58. The van der Waals surface area contributed by atoms with Gasteiger partial charge in [-0.2, -0.15) is 0 Å². The first-order valence-electron chi connectivity index (χ1n) is 5.47. The number of rotatable bonds is 3. The summed E-state index contributed by atoms with van der Waals surface area (Å²) in [6.45, 7) is 2.63. The van der Waals surface area contributed by atoms with Gasteiger partial charge in [0, 0.05) is 18.9 Å². The van der Waals surface area contributed by atoms with Gasteiger partial charge in [0.15, 0.2) is 5.89 Å². The summed E-state index contributed by atoms with van der Waals surface area (Å²) in [5, 5.41) is 0. The van der Waals surface area contributed by atoms with E-state index in [2.05, 4.69) is 4.98 Å². The van der Waals surface area contributed by atoms with Gasteiger partial charge >= 0.3 is 0 Å². The molecule has 2 N–H and O–H groups in total. The van der Waals surface area contributed by atoms with Crippen LogP contribution in [-0.4, -0.2) is 11.5 Å². The fourth-order valence-corrected chi connectivity index (χ4v) is 2.27. The highest BCUT2D eigenvalue weighted by atomic mass is 16.4. The van der Waals surface area contributed by atoms with E-state index in [9.17, 15) is 0 Å². The SMILES string of the molecule is Cc1oc(CCN)nc1C1CCCC1. The molecule has 0 spiro atoms. The van der Waals surface area contributed by atoms with Crippen molar-refractivity contribution in [2.75, 3.05) is 6.54 Å². The van der Waals surface area contributed by atoms with Gasteiger partial charge < -0.3 is 10.2 Å². The van der Waals surface area contributed by atoms with Crippen molar-refractivity contribution < 1.29 is 4.42 Å². The topological polar surface area (TPSA) is 52.0 Å². The average Bonchev–Trinajstić information content (AvgIpc) is 2.74. The third-order valence-corrected chi connectivity index (χ3v) is 2.98. The number of aromatic nitrogens is 1. The summed E-state index contributed by atoms with van der Waals surface area (Å²) >= 11 is 0. The van der Waals surface area contributed by atoms with Crippen LogP contribution in [0.15, 0.2) is 4.42 Å². The van der Waals surface area contributed by atoms with Crippen molar-refractivity contribution in [2.45, 2.75) is 44.9 Å². The summed E-state index contributed by atoms with van der Waals surface area (Å²) in [7, 11) is 0. The van der Waals surface area contributed by atoms with E-state index in [1.165, 1.54) is 31.4 Å². The van der Waals surface area contributed by atoms with Crippen LogP contribution < -0.4 is 5.73 Å². The minimum atomic E-state index is 0.615. The van der Waals surface area contributed by atoms with Gasteiger partial charge in [0.2, 0.25) is 0 Å². The lowest BCUT2D eigenvalue weighted by Crippen LogP contribution is -2.03.